The van der Waals surface area contributed by atoms with Gasteiger partial charge >= 0.3 is 0 Å². The molecule has 1 aliphatic heterocycles. The van der Waals surface area contributed by atoms with E-state index in [9.17, 15) is 0 Å². The molecule has 1 fully saturated rings. The van der Waals surface area contributed by atoms with Gasteiger partial charge in [0.2, 0.25) is 0 Å². The second-order valence-electron chi connectivity index (χ2n) is 4.79. The number of nitrogen functional groups attached to an aromatic ring is 1. The lowest BCUT2D eigenvalue weighted by Crippen LogP contribution is -2.43. The number of hydrogen-bond donors (Lipinski definition) is 2. The number of piperidine rings is 1. The average molecular weight is 220 g/mol. The summed E-state index contributed by atoms with van der Waals surface area (Å²) in [7, 11) is 2.18. The quantitative estimate of drug-likeness (QED) is 0.791. The number of nitrogens with zero attached hydrogens (tertiary/aromatic N) is 2. The Labute approximate surface area is 96.8 Å². The number of pyridine rings is 1. The zero-order chi connectivity index (χ0) is 11.5. The van der Waals surface area contributed by atoms with Crippen molar-refractivity contribution in [2.75, 3.05) is 31.2 Å². The Morgan fingerprint density at radius 1 is 1.50 bits per heavy atom. The molecular weight excluding hydrogens is 200 g/mol. The van der Waals surface area contributed by atoms with Crippen molar-refractivity contribution in [3.8, 4) is 0 Å². The van der Waals surface area contributed by atoms with Crippen molar-refractivity contribution in [1.82, 2.24) is 9.88 Å². The minimum absolute atomic E-state index is 0.528. The average Bonchev–Trinajstić information content (AvgIpc) is 2.22. The van der Waals surface area contributed by atoms with Gasteiger partial charge in [-0.25, -0.2) is 0 Å². The monoisotopic (exact) mass is 220 g/mol. The van der Waals surface area contributed by atoms with Crippen LogP contribution in [-0.4, -0.2) is 36.1 Å². The van der Waals surface area contributed by atoms with Gasteiger partial charge in [-0.05, 0) is 32.0 Å². The lowest BCUT2D eigenvalue weighted by Gasteiger charge is -2.35. The molecular formula is C12H20N4. The Morgan fingerprint density at radius 2 is 2.31 bits per heavy atom. The predicted octanol–water partition coefficient (Wildman–Crippen LogP) is 1.42. The maximum Gasteiger partial charge on any atom is 0.0549 e. The van der Waals surface area contributed by atoms with Crippen LogP contribution < -0.4 is 11.1 Å². The molecule has 1 aromatic rings. The highest BCUT2D eigenvalue weighted by molar-refractivity contribution is 5.51. The van der Waals surface area contributed by atoms with Crippen molar-refractivity contribution in [2.24, 2.45) is 5.92 Å². The van der Waals surface area contributed by atoms with Crippen LogP contribution in [-0.2, 0) is 0 Å². The van der Waals surface area contributed by atoms with E-state index in [0.717, 1.165) is 18.8 Å². The first-order valence-electron chi connectivity index (χ1n) is 5.81. The first-order valence-corrected chi connectivity index (χ1v) is 5.81. The van der Waals surface area contributed by atoms with Crippen molar-refractivity contribution in [2.45, 2.75) is 19.4 Å². The molecule has 4 heteroatoms. The highest BCUT2D eigenvalue weighted by Gasteiger charge is 2.23. The molecule has 0 bridgehead atoms. The van der Waals surface area contributed by atoms with Gasteiger partial charge in [-0.3, -0.25) is 4.98 Å². The molecule has 2 heterocycles. The molecule has 88 valence electrons. The van der Waals surface area contributed by atoms with Crippen LogP contribution in [0.5, 0.6) is 0 Å². The van der Waals surface area contributed by atoms with Crippen molar-refractivity contribution in [3.63, 3.8) is 0 Å². The summed E-state index contributed by atoms with van der Waals surface area (Å²) < 4.78 is 0. The van der Waals surface area contributed by atoms with Crippen molar-refractivity contribution in [3.05, 3.63) is 18.5 Å². The maximum atomic E-state index is 5.71. The second kappa shape index (κ2) is 4.70. The Balaban J connectivity index is 1.99. The van der Waals surface area contributed by atoms with Gasteiger partial charge in [0.1, 0.15) is 0 Å². The summed E-state index contributed by atoms with van der Waals surface area (Å²) in [5, 5.41) is 3.52. The van der Waals surface area contributed by atoms with E-state index >= 15 is 0 Å². The molecule has 16 heavy (non-hydrogen) atoms. The summed E-state index contributed by atoms with van der Waals surface area (Å²) in [6.45, 7) is 4.58. The van der Waals surface area contributed by atoms with Crippen LogP contribution in [0.25, 0.3) is 0 Å². The van der Waals surface area contributed by atoms with E-state index in [1.165, 1.54) is 6.42 Å². The van der Waals surface area contributed by atoms with Gasteiger partial charge in [0.05, 0.1) is 17.6 Å². The van der Waals surface area contributed by atoms with Crippen LogP contribution in [0, 0.1) is 5.92 Å². The molecule has 1 aliphatic rings. The molecule has 2 atom stereocenters. The minimum atomic E-state index is 0.528. The summed E-state index contributed by atoms with van der Waals surface area (Å²) in [6, 6.07) is 2.47. The summed E-state index contributed by atoms with van der Waals surface area (Å²) >= 11 is 0. The molecule has 1 saturated heterocycles. The summed E-state index contributed by atoms with van der Waals surface area (Å²) in [6.07, 6.45) is 4.68. The number of aromatic nitrogens is 1. The van der Waals surface area contributed by atoms with Crippen LogP contribution in [0.15, 0.2) is 18.5 Å². The maximum absolute atomic E-state index is 5.71. The van der Waals surface area contributed by atoms with E-state index in [0.29, 0.717) is 17.6 Å². The third-order valence-electron chi connectivity index (χ3n) is 3.22. The molecule has 0 radical (unpaired) electrons. The standard InChI is InChI=1S/C12H20N4/c1-9-8-16(2)4-3-12(9)15-11-5-10(13)6-14-7-11/h5-7,9,12,15H,3-4,8,13H2,1-2H3. The summed E-state index contributed by atoms with van der Waals surface area (Å²) in [5.41, 5.74) is 7.45. The Kier molecular flexibility index (Phi) is 3.29. The fraction of sp³-hybridized carbons (Fsp3) is 0.583. The van der Waals surface area contributed by atoms with E-state index in [1.807, 2.05) is 12.3 Å². The number of nitrogens with two attached hydrogens (primary N) is 1. The lowest BCUT2D eigenvalue weighted by molar-refractivity contribution is 0.206. The normalized spacial score (nSPS) is 26.6. The van der Waals surface area contributed by atoms with Crippen LogP contribution >= 0.6 is 0 Å². The Morgan fingerprint density at radius 3 is 3.00 bits per heavy atom. The van der Waals surface area contributed by atoms with Crippen molar-refractivity contribution < 1.29 is 0 Å². The van der Waals surface area contributed by atoms with E-state index < -0.39 is 0 Å². The van der Waals surface area contributed by atoms with Crippen LogP contribution in [0.1, 0.15) is 13.3 Å². The third-order valence-corrected chi connectivity index (χ3v) is 3.22. The van der Waals surface area contributed by atoms with Crippen LogP contribution in [0.3, 0.4) is 0 Å². The zero-order valence-electron chi connectivity index (χ0n) is 9.98. The van der Waals surface area contributed by atoms with E-state index in [-0.39, 0.29) is 0 Å². The molecule has 3 N–H and O–H groups in total. The predicted molar refractivity (Wildman–Crippen MR) is 67.3 cm³/mol. The lowest BCUT2D eigenvalue weighted by atomic mass is 9.94. The second-order valence-corrected chi connectivity index (χ2v) is 4.79. The first-order chi connectivity index (χ1) is 7.65. The highest BCUT2D eigenvalue weighted by atomic mass is 15.1. The fourth-order valence-electron chi connectivity index (χ4n) is 2.32. The molecule has 0 spiro atoms. The fourth-order valence-corrected chi connectivity index (χ4v) is 2.32. The van der Waals surface area contributed by atoms with Gasteiger partial charge in [-0.1, -0.05) is 6.92 Å². The molecule has 4 nitrogen and oxygen atoms in total. The number of hydrogen-bond acceptors (Lipinski definition) is 4. The highest BCUT2D eigenvalue weighted by Crippen LogP contribution is 2.20. The zero-order valence-corrected chi connectivity index (χ0v) is 9.98. The van der Waals surface area contributed by atoms with Crippen LogP contribution in [0.2, 0.25) is 0 Å². The first kappa shape index (κ1) is 11.2. The summed E-state index contributed by atoms with van der Waals surface area (Å²) in [4.78, 5) is 6.47. The largest absolute Gasteiger partial charge is 0.397 e. The van der Waals surface area contributed by atoms with E-state index in [4.69, 9.17) is 5.73 Å². The van der Waals surface area contributed by atoms with Gasteiger partial charge in [0.15, 0.2) is 0 Å². The van der Waals surface area contributed by atoms with Crippen LogP contribution in [0.4, 0.5) is 11.4 Å². The SMILES string of the molecule is CC1CN(C)CCC1Nc1cncc(N)c1. The number of nitrogens with one attached hydrogen (secondary N) is 1. The van der Waals surface area contributed by atoms with Gasteiger partial charge < -0.3 is 16.0 Å². The van der Waals surface area contributed by atoms with Gasteiger partial charge in [-0.2, -0.15) is 0 Å². The molecule has 1 aromatic heterocycles. The van der Waals surface area contributed by atoms with E-state index in [1.54, 1.807) is 6.20 Å². The smallest absolute Gasteiger partial charge is 0.0549 e. The molecule has 0 aliphatic carbocycles. The van der Waals surface area contributed by atoms with Crippen molar-refractivity contribution >= 4 is 11.4 Å². The Hall–Kier alpha value is -1.29. The van der Waals surface area contributed by atoms with Crippen molar-refractivity contribution in [1.29, 1.82) is 0 Å². The minimum Gasteiger partial charge on any atom is -0.397 e. The number of likely N-dealkylation sites (tertiary alicyclic amines) is 1. The number of anilines is 2. The van der Waals surface area contributed by atoms with Gasteiger partial charge in [-0.15, -0.1) is 0 Å². The molecule has 0 amide bonds. The third kappa shape index (κ3) is 2.64. The molecule has 0 saturated carbocycles. The Bertz CT molecular complexity index is 353. The molecule has 2 rings (SSSR count). The van der Waals surface area contributed by atoms with Gasteiger partial charge in [0, 0.05) is 18.8 Å². The van der Waals surface area contributed by atoms with Gasteiger partial charge in [0.25, 0.3) is 0 Å². The molecule has 0 aromatic carbocycles. The van der Waals surface area contributed by atoms with E-state index in [2.05, 4.69) is 29.2 Å². The summed E-state index contributed by atoms with van der Waals surface area (Å²) in [5.74, 6) is 0.653. The number of rotatable bonds is 2. The topological polar surface area (TPSA) is 54.2 Å². The molecule has 2 unspecified atom stereocenters.